The fourth-order valence-electron chi connectivity index (χ4n) is 3.14. The van der Waals surface area contributed by atoms with E-state index in [4.69, 9.17) is 10.8 Å². The van der Waals surface area contributed by atoms with E-state index in [-0.39, 0.29) is 42.5 Å². The van der Waals surface area contributed by atoms with Crippen LogP contribution in [0, 0.1) is 12.3 Å². The molecule has 0 fully saturated rings. The molecule has 1 aliphatic carbocycles. The number of amides is 2. The van der Waals surface area contributed by atoms with Crippen LogP contribution in [0.15, 0.2) is 45.6 Å². The molecule has 0 atom stereocenters. The van der Waals surface area contributed by atoms with E-state index in [2.05, 4.69) is 11.2 Å². The Morgan fingerprint density at radius 3 is 2.79 bits per heavy atom. The van der Waals surface area contributed by atoms with E-state index in [9.17, 15) is 19.5 Å². The Kier molecular flexibility index (Phi) is 5.84. The molecule has 148 valence electrons. The number of nitrogens with one attached hydrogen (secondary N) is 1. The zero-order valence-electron chi connectivity index (χ0n) is 15.9. The predicted octanol–water partition coefficient (Wildman–Crippen LogP) is 1.11. The monoisotopic (exact) mass is 391 g/mol. The molecule has 1 heterocycles. The van der Waals surface area contributed by atoms with Gasteiger partial charge in [-0.3, -0.25) is 14.4 Å². The lowest BCUT2D eigenvalue weighted by Crippen LogP contribution is -2.38. The van der Waals surface area contributed by atoms with Crippen LogP contribution < -0.4 is 15.9 Å². The van der Waals surface area contributed by atoms with Crippen LogP contribution in [-0.4, -0.2) is 36.9 Å². The summed E-state index contributed by atoms with van der Waals surface area (Å²) in [6, 6.07) is 8.89. The van der Waals surface area contributed by atoms with Gasteiger partial charge in [0, 0.05) is 30.5 Å². The molecule has 1 N–H and O–H groups in total. The first kappa shape index (κ1) is 20.0. The molecule has 7 heteroatoms. The van der Waals surface area contributed by atoms with E-state index in [1.54, 1.807) is 19.2 Å². The Balaban J connectivity index is 1.85. The molecule has 2 amide bonds. The summed E-state index contributed by atoms with van der Waals surface area (Å²) in [6.07, 6.45) is 5.60. The summed E-state index contributed by atoms with van der Waals surface area (Å²) in [5.41, 5.74) is 1.66. The number of hydrogen-bond donors (Lipinski definition) is 1. The van der Waals surface area contributed by atoms with E-state index in [0.717, 1.165) is 5.56 Å². The highest BCUT2D eigenvalue weighted by Gasteiger charge is 2.18. The Morgan fingerprint density at radius 2 is 2.03 bits per heavy atom. The van der Waals surface area contributed by atoms with Crippen LogP contribution in [0.5, 0.6) is 5.75 Å². The topological polar surface area (TPSA) is 103 Å². The molecule has 7 nitrogen and oxygen atoms in total. The van der Waals surface area contributed by atoms with Crippen molar-refractivity contribution in [3.8, 4) is 29.4 Å². The summed E-state index contributed by atoms with van der Waals surface area (Å²) in [5, 5.41) is 14.9. The van der Waals surface area contributed by atoms with Crippen LogP contribution in [0.4, 0.5) is 0 Å². The third-order valence-corrected chi connectivity index (χ3v) is 4.56. The van der Waals surface area contributed by atoms with Gasteiger partial charge in [0.1, 0.15) is 11.3 Å². The first-order chi connectivity index (χ1) is 13.9. The van der Waals surface area contributed by atoms with Gasteiger partial charge in [-0.25, -0.2) is 0 Å². The standard InChI is InChI=1S/C22H20N2O5/c1-3-10-23-21(27)13-24(2)22(28)9-8-16-17-6-4-14(25)11-19(17)29-20-12-15(26)5-7-18(16)20/h1,4-7,11-12,25H,8-10,13H2,2H3,(H,23,27)/p-1. The number of carbonyl (C=O) groups is 2. The normalized spacial score (nSPS) is 10.6. The number of nitrogens with zero attached hydrogens (tertiary/aromatic N) is 1. The third kappa shape index (κ3) is 4.55. The quantitative estimate of drug-likeness (QED) is 0.501. The van der Waals surface area contributed by atoms with E-state index in [0.29, 0.717) is 28.7 Å². The van der Waals surface area contributed by atoms with Gasteiger partial charge < -0.3 is 19.7 Å². The Bertz CT molecular complexity index is 1140. The van der Waals surface area contributed by atoms with E-state index < -0.39 is 0 Å². The molecule has 1 aromatic carbocycles. The number of terminal acetylenes is 1. The molecule has 1 aromatic rings. The number of carbonyl (C=O) groups excluding carboxylic acids is 2. The summed E-state index contributed by atoms with van der Waals surface area (Å²) >= 11 is 0. The van der Waals surface area contributed by atoms with Crippen molar-refractivity contribution < 1.29 is 19.1 Å². The highest BCUT2D eigenvalue weighted by molar-refractivity contribution is 5.90. The smallest absolute Gasteiger partial charge is 0.240 e. The van der Waals surface area contributed by atoms with E-state index in [1.165, 1.54) is 29.2 Å². The maximum Gasteiger partial charge on any atom is 0.240 e. The summed E-state index contributed by atoms with van der Waals surface area (Å²) in [4.78, 5) is 37.2. The molecule has 29 heavy (non-hydrogen) atoms. The Morgan fingerprint density at radius 1 is 1.24 bits per heavy atom. The van der Waals surface area contributed by atoms with Crippen molar-refractivity contribution in [1.82, 2.24) is 10.2 Å². The summed E-state index contributed by atoms with van der Waals surface area (Å²) in [7, 11) is 1.54. The molecule has 0 spiro atoms. The molecule has 0 aromatic heterocycles. The minimum atomic E-state index is -0.334. The van der Waals surface area contributed by atoms with Crippen molar-refractivity contribution in [2.45, 2.75) is 12.8 Å². The number of fused-ring (bicyclic) bond motifs is 2. The van der Waals surface area contributed by atoms with Crippen molar-refractivity contribution >= 4 is 22.8 Å². The van der Waals surface area contributed by atoms with Gasteiger partial charge in [0.2, 0.25) is 11.8 Å². The van der Waals surface area contributed by atoms with Gasteiger partial charge in [-0.05, 0) is 30.2 Å². The maximum atomic E-state index is 12.5. The second-order valence-corrected chi connectivity index (χ2v) is 6.63. The average Bonchev–Trinajstić information content (AvgIpc) is 2.68. The van der Waals surface area contributed by atoms with Crippen LogP contribution >= 0.6 is 0 Å². The zero-order chi connectivity index (χ0) is 21.0. The van der Waals surface area contributed by atoms with Crippen molar-refractivity contribution in [2.75, 3.05) is 20.1 Å². The van der Waals surface area contributed by atoms with Gasteiger partial charge >= 0.3 is 0 Å². The molecule has 1 aliphatic heterocycles. The van der Waals surface area contributed by atoms with E-state index in [1.807, 2.05) is 0 Å². The molecule has 0 bridgehead atoms. The maximum absolute atomic E-state index is 12.5. The van der Waals surface area contributed by atoms with Gasteiger partial charge in [0.25, 0.3) is 0 Å². The fraction of sp³-hybridized carbons (Fsp3) is 0.227. The van der Waals surface area contributed by atoms with Gasteiger partial charge in [-0.15, -0.1) is 12.2 Å². The number of likely N-dealkylation sites (N-methyl/N-ethyl adjacent to an activating group) is 1. The van der Waals surface area contributed by atoms with Crippen molar-refractivity contribution in [2.24, 2.45) is 0 Å². The molecule has 0 radical (unpaired) electrons. The number of aryl methyl sites for hydroxylation is 1. The van der Waals surface area contributed by atoms with E-state index >= 15 is 0 Å². The highest BCUT2D eigenvalue weighted by atomic mass is 16.3. The fourth-order valence-corrected chi connectivity index (χ4v) is 3.14. The highest BCUT2D eigenvalue weighted by Crippen LogP contribution is 2.34. The molecular weight excluding hydrogens is 372 g/mol. The minimum absolute atomic E-state index is 0.0920. The van der Waals surface area contributed by atoms with Gasteiger partial charge in [-0.1, -0.05) is 18.1 Å². The first-order valence-corrected chi connectivity index (χ1v) is 8.99. The third-order valence-electron chi connectivity index (χ3n) is 4.56. The first-order valence-electron chi connectivity index (χ1n) is 8.99. The lowest BCUT2D eigenvalue weighted by Gasteiger charge is -2.19. The van der Waals surface area contributed by atoms with Crippen LogP contribution in [0.1, 0.15) is 12.0 Å². The largest absolute Gasteiger partial charge is 0.872 e. The molecule has 0 saturated heterocycles. The van der Waals surface area contributed by atoms with Crippen molar-refractivity contribution in [3.05, 3.63) is 52.2 Å². The molecule has 0 unspecified atom stereocenters. The SMILES string of the molecule is C#CCNC(=O)CN(C)C(=O)CCc1c2ccc(=O)cc-2oc2cc([O-])ccc12. The second-order valence-electron chi connectivity index (χ2n) is 6.63. The van der Waals surface area contributed by atoms with Crippen molar-refractivity contribution in [1.29, 1.82) is 0 Å². The van der Waals surface area contributed by atoms with Crippen LogP contribution in [0.2, 0.25) is 0 Å². The molecule has 0 saturated carbocycles. The number of hydrogen-bond acceptors (Lipinski definition) is 5. The average molecular weight is 391 g/mol. The van der Waals surface area contributed by atoms with Crippen molar-refractivity contribution in [3.63, 3.8) is 0 Å². The molecular formula is C22H19N2O5-. The van der Waals surface area contributed by atoms with Crippen LogP contribution in [0.25, 0.3) is 22.3 Å². The predicted molar refractivity (Wildman–Crippen MR) is 106 cm³/mol. The molecule has 3 rings (SSSR count). The van der Waals surface area contributed by atoms with Gasteiger partial charge in [0.05, 0.1) is 13.1 Å². The van der Waals surface area contributed by atoms with Gasteiger partial charge in [0.15, 0.2) is 5.43 Å². The molecule has 2 aliphatic rings. The summed E-state index contributed by atoms with van der Waals surface area (Å²) in [5.74, 6) is 1.90. The van der Waals surface area contributed by atoms with Crippen LogP contribution in [-0.2, 0) is 16.0 Å². The minimum Gasteiger partial charge on any atom is -0.872 e. The summed E-state index contributed by atoms with van der Waals surface area (Å²) < 4.78 is 5.73. The number of rotatable bonds is 6. The van der Waals surface area contributed by atoms with Gasteiger partial charge in [-0.2, -0.15) is 0 Å². The van der Waals surface area contributed by atoms with Crippen LogP contribution in [0.3, 0.4) is 0 Å². The second kappa shape index (κ2) is 8.48. The summed E-state index contributed by atoms with van der Waals surface area (Å²) in [6.45, 7) is 0.0149. The lowest BCUT2D eigenvalue weighted by molar-refractivity contribution is -0.268. The lowest BCUT2D eigenvalue weighted by atomic mass is 9.96. The Hall–Kier alpha value is -3.79. The zero-order valence-corrected chi connectivity index (χ0v) is 15.9. The number of benzene rings is 2. The Labute approximate surface area is 167 Å².